The number of hydrogen-bond donors (Lipinski definition) is 1. The zero-order chi connectivity index (χ0) is 13.8. The van der Waals surface area contributed by atoms with Crippen molar-refractivity contribution in [2.45, 2.75) is 32.6 Å². The second-order valence-electron chi connectivity index (χ2n) is 5.50. The van der Waals surface area contributed by atoms with Crippen molar-refractivity contribution in [2.24, 2.45) is 5.41 Å². The van der Waals surface area contributed by atoms with Crippen molar-refractivity contribution in [1.29, 1.82) is 0 Å². The minimum Gasteiger partial charge on any atom is -0.493 e. The molecule has 0 radical (unpaired) electrons. The van der Waals surface area contributed by atoms with Crippen molar-refractivity contribution in [1.82, 2.24) is 0 Å². The number of hydrogen-bond acceptors (Lipinski definition) is 2. The average molecular weight is 271 g/mol. The molecule has 0 aliphatic rings. The lowest BCUT2D eigenvalue weighted by Gasteiger charge is -2.18. The van der Waals surface area contributed by atoms with E-state index in [-0.39, 0.29) is 5.41 Å². The molecule has 0 saturated heterocycles. The first-order valence-electron chi connectivity index (χ1n) is 5.86. The van der Waals surface area contributed by atoms with Crippen LogP contribution in [0.5, 0.6) is 5.75 Å². The quantitative estimate of drug-likeness (QED) is 0.835. The Labute approximate surface area is 113 Å². The Morgan fingerprint density at radius 2 is 1.89 bits per heavy atom. The van der Waals surface area contributed by atoms with Crippen LogP contribution in [0.2, 0.25) is 0 Å². The van der Waals surface area contributed by atoms with Crippen LogP contribution in [0, 0.1) is 5.41 Å². The fourth-order valence-electron chi connectivity index (χ4n) is 1.32. The van der Waals surface area contributed by atoms with Gasteiger partial charge in [-0.1, -0.05) is 32.9 Å². The Bertz CT molecular complexity index is 392. The number of ether oxygens (including phenoxy) is 1. The van der Waals surface area contributed by atoms with Gasteiger partial charge in [0.25, 0.3) is 0 Å². The molecule has 0 bridgehead atoms. The molecule has 1 N–H and O–H groups in total. The molecule has 1 aromatic rings. The Morgan fingerprint density at radius 3 is 2.33 bits per heavy atom. The van der Waals surface area contributed by atoms with E-state index in [0.717, 1.165) is 11.3 Å². The number of aliphatic carboxylic acids is 1. The zero-order valence-corrected chi connectivity index (χ0v) is 11.7. The Kier molecular flexibility index (Phi) is 5.03. The molecule has 1 atom stereocenters. The highest BCUT2D eigenvalue weighted by Crippen LogP contribution is 2.19. The summed E-state index contributed by atoms with van der Waals surface area (Å²) in [5, 5.41) is 7.83. The van der Waals surface area contributed by atoms with Crippen LogP contribution in [-0.4, -0.2) is 23.1 Å². The molecule has 0 aliphatic heterocycles. The third kappa shape index (κ3) is 5.41. The summed E-state index contributed by atoms with van der Waals surface area (Å²) in [6.07, 6.45) is 0.316. The second kappa shape index (κ2) is 6.10. The van der Waals surface area contributed by atoms with E-state index in [9.17, 15) is 4.79 Å². The van der Waals surface area contributed by atoms with Crippen LogP contribution >= 0.6 is 11.6 Å². The van der Waals surface area contributed by atoms with Gasteiger partial charge in [-0.15, -0.1) is 11.6 Å². The number of carbonyl (C=O) groups is 1. The summed E-state index contributed by atoms with van der Waals surface area (Å²) >= 11 is 5.68. The van der Waals surface area contributed by atoms with Crippen LogP contribution in [0.15, 0.2) is 24.3 Å². The maximum atomic E-state index is 10.6. The van der Waals surface area contributed by atoms with Gasteiger partial charge in [0, 0.05) is 0 Å². The van der Waals surface area contributed by atoms with Crippen molar-refractivity contribution in [3.63, 3.8) is 0 Å². The molecule has 1 rings (SSSR count). The number of benzene rings is 1. The predicted molar refractivity (Wildman–Crippen MR) is 72.4 cm³/mol. The van der Waals surface area contributed by atoms with Crippen LogP contribution in [0.25, 0.3) is 0 Å². The van der Waals surface area contributed by atoms with E-state index in [1.54, 1.807) is 0 Å². The van der Waals surface area contributed by atoms with Crippen molar-refractivity contribution in [3.8, 4) is 5.75 Å². The first-order chi connectivity index (χ1) is 8.28. The summed E-state index contributed by atoms with van der Waals surface area (Å²) in [6.45, 7) is 6.95. The summed E-state index contributed by atoms with van der Waals surface area (Å²) in [7, 11) is 0. The minimum absolute atomic E-state index is 0.114. The summed E-state index contributed by atoms with van der Waals surface area (Å²) in [6, 6.07) is 7.37. The molecule has 3 nitrogen and oxygen atoms in total. The van der Waals surface area contributed by atoms with E-state index in [0.29, 0.717) is 13.0 Å². The molecule has 0 aromatic heterocycles. The standard InChI is InChI=1S/C14H19ClO3/c1-14(2,3)9-18-11-6-4-10(5-7-11)8-12(15)13(16)17/h4-7,12H,8-9H2,1-3H3,(H,16,17). The lowest BCUT2D eigenvalue weighted by molar-refractivity contribution is -0.136. The third-order valence-corrected chi connectivity index (χ3v) is 2.62. The highest BCUT2D eigenvalue weighted by atomic mass is 35.5. The Hall–Kier alpha value is -1.22. The first kappa shape index (κ1) is 14.8. The minimum atomic E-state index is -0.996. The van der Waals surface area contributed by atoms with Crippen LogP contribution in [-0.2, 0) is 11.2 Å². The summed E-state index contributed by atoms with van der Waals surface area (Å²) in [5.74, 6) is -0.208. The van der Waals surface area contributed by atoms with Gasteiger partial charge in [0.2, 0.25) is 0 Å². The molecule has 4 heteroatoms. The van der Waals surface area contributed by atoms with E-state index in [1.165, 1.54) is 0 Å². The van der Waals surface area contributed by atoms with Gasteiger partial charge in [-0.05, 0) is 29.5 Å². The van der Waals surface area contributed by atoms with Crippen molar-refractivity contribution >= 4 is 17.6 Å². The highest BCUT2D eigenvalue weighted by molar-refractivity contribution is 6.29. The molecule has 1 unspecified atom stereocenters. The third-order valence-electron chi connectivity index (χ3n) is 2.28. The molecule has 0 heterocycles. The molecule has 0 spiro atoms. The number of carboxylic acids is 1. The maximum absolute atomic E-state index is 10.6. The van der Waals surface area contributed by atoms with E-state index in [4.69, 9.17) is 21.4 Å². The fraction of sp³-hybridized carbons (Fsp3) is 0.500. The van der Waals surface area contributed by atoms with Gasteiger partial charge in [-0.2, -0.15) is 0 Å². The molecule has 0 saturated carbocycles. The van der Waals surface area contributed by atoms with E-state index >= 15 is 0 Å². The van der Waals surface area contributed by atoms with Crippen LogP contribution in [0.4, 0.5) is 0 Å². The van der Waals surface area contributed by atoms with Gasteiger partial charge >= 0.3 is 5.97 Å². The van der Waals surface area contributed by atoms with Crippen molar-refractivity contribution < 1.29 is 14.6 Å². The van der Waals surface area contributed by atoms with Gasteiger partial charge in [-0.3, -0.25) is 4.79 Å². The fourth-order valence-corrected chi connectivity index (χ4v) is 1.49. The van der Waals surface area contributed by atoms with Crippen LogP contribution < -0.4 is 4.74 Å². The molecule has 0 amide bonds. The number of halogens is 1. The summed E-state index contributed by atoms with van der Waals surface area (Å²) in [4.78, 5) is 10.6. The van der Waals surface area contributed by atoms with E-state index < -0.39 is 11.3 Å². The molecule has 0 aliphatic carbocycles. The molecule has 1 aromatic carbocycles. The topological polar surface area (TPSA) is 46.5 Å². The normalized spacial score (nSPS) is 13.1. The molecule has 0 fully saturated rings. The number of carboxylic acid groups (broad SMARTS) is 1. The largest absolute Gasteiger partial charge is 0.493 e. The van der Waals surface area contributed by atoms with Crippen molar-refractivity contribution in [3.05, 3.63) is 29.8 Å². The van der Waals surface area contributed by atoms with Gasteiger partial charge in [0.1, 0.15) is 11.1 Å². The lowest BCUT2D eigenvalue weighted by atomic mass is 9.99. The van der Waals surface area contributed by atoms with Gasteiger partial charge < -0.3 is 9.84 Å². The number of alkyl halides is 1. The van der Waals surface area contributed by atoms with Gasteiger partial charge in [-0.25, -0.2) is 0 Å². The lowest BCUT2D eigenvalue weighted by Crippen LogP contribution is -2.17. The average Bonchev–Trinajstić information content (AvgIpc) is 2.27. The SMILES string of the molecule is CC(C)(C)COc1ccc(CC(Cl)C(=O)O)cc1. The Morgan fingerprint density at radius 1 is 1.33 bits per heavy atom. The highest BCUT2D eigenvalue weighted by Gasteiger charge is 2.14. The number of rotatable bonds is 5. The second-order valence-corrected chi connectivity index (χ2v) is 6.03. The van der Waals surface area contributed by atoms with E-state index in [2.05, 4.69) is 20.8 Å². The predicted octanol–water partition coefficient (Wildman–Crippen LogP) is 3.35. The van der Waals surface area contributed by atoms with Gasteiger partial charge in [0.05, 0.1) is 6.61 Å². The first-order valence-corrected chi connectivity index (χ1v) is 6.30. The maximum Gasteiger partial charge on any atom is 0.321 e. The molecular formula is C14H19ClO3. The van der Waals surface area contributed by atoms with E-state index in [1.807, 2.05) is 24.3 Å². The van der Waals surface area contributed by atoms with Crippen LogP contribution in [0.1, 0.15) is 26.3 Å². The van der Waals surface area contributed by atoms with Crippen LogP contribution in [0.3, 0.4) is 0 Å². The molecule has 100 valence electrons. The monoisotopic (exact) mass is 270 g/mol. The Balaban J connectivity index is 2.55. The van der Waals surface area contributed by atoms with Crippen molar-refractivity contribution in [2.75, 3.05) is 6.61 Å². The summed E-state index contributed by atoms with van der Waals surface area (Å²) < 4.78 is 5.63. The van der Waals surface area contributed by atoms with Gasteiger partial charge in [0.15, 0.2) is 0 Å². The molecule has 18 heavy (non-hydrogen) atoms. The smallest absolute Gasteiger partial charge is 0.321 e. The zero-order valence-electron chi connectivity index (χ0n) is 10.9. The molecular weight excluding hydrogens is 252 g/mol. The summed E-state index contributed by atoms with van der Waals surface area (Å²) in [5.41, 5.74) is 1.00.